The zero-order chi connectivity index (χ0) is 10.1. The third-order valence-corrected chi connectivity index (χ3v) is 2.23. The van der Waals surface area contributed by atoms with Crippen LogP contribution in [0, 0.1) is 5.92 Å². The first-order chi connectivity index (χ1) is 6.34. The lowest BCUT2D eigenvalue weighted by Crippen LogP contribution is -2.20. The molecule has 0 bridgehead atoms. The lowest BCUT2D eigenvalue weighted by Gasteiger charge is -2.19. The molecule has 0 aromatic heterocycles. The second kappa shape index (κ2) is 8.09. The molecule has 0 aromatic rings. The molecule has 0 amide bonds. The van der Waals surface area contributed by atoms with Crippen LogP contribution in [0.25, 0.3) is 0 Å². The molecule has 2 nitrogen and oxygen atoms in total. The quantitative estimate of drug-likeness (QED) is 0.619. The van der Waals surface area contributed by atoms with Crippen molar-refractivity contribution in [3.8, 4) is 0 Å². The van der Waals surface area contributed by atoms with Gasteiger partial charge < -0.3 is 4.74 Å². The highest BCUT2D eigenvalue weighted by Crippen LogP contribution is 2.24. The maximum atomic E-state index is 11.2. The van der Waals surface area contributed by atoms with Gasteiger partial charge >= 0.3 is 5.97 Å². The molecule has 13 heavy (non-hydrogen) atoms. The molecule has 1 fully saturated rings. The van der Waals surface area contributed by atoms with E-state index in [4.69, 9.17) is 4.74 Å². The van der Waals surface area contributed by atoms with Crippen molar-refractivity contribution < 1.29 is 9.53 Å². The molecule has 2 heteroatoms. The summed E-state index contributed by atoms with van der Waals surface area (Å²) in [7, 11) is 0. The minimum Gasteiger partial charge on any atom is -0.466 e. The van der Waals surface area contributed by atoms with E-state index in [-0.39, 0.29) is 11.9 Å². The van der Waals surface area contributed by atoms with E-state index in [0.29, 0.717) is 6.61 Å². The Morgan fingerprint density at radius 1 is 1.23 bits per heavy atom. The predicted octanol–water partition coefficient (Wildman–Crippen LogP) is 3.16. The molecule has 0 N–H and O–H groups in total. The fourth-order valence-corrected chi connectivity index (χ4v) is 1.60. The van der Waals surface area contributed by atoms with Crippen molar-refractivity contribution >= 4 is 5.97 Å². The summed E-state index contributed by atoms with van der Waals surface area (Å²) in [6.45, 7) is 6.38. The molecule has 0 aromatic carbocycles. The molecule has 1 aliphatic rings. The standard InChI is InChI=1S/C9H16O2.C2H6/c1-2-11-9(10)8-6-4-3-5-7-8;1-2/h8H,2-7H2,1H3;1-2H3. The SMILES string of the molecule is CC.CCOC(=O)C1CCCCC1. The number of esters is 1. The Bertz CT molecular complexity index is 126. The largest absolute Gasteiger partial charge is 0.466 e. The Morgan fingerprint density at radius 3 is 2.23 bits per heavy atom. The third kappa shape index (κ3) is 4.91. The predicted molar refractivity (Wildman–Crippen MR) is 54.6 cm³/mol. The van der Waals surface area contributed by atoms with Crippen LogP contribution < -0.4 is 0 Å². The monoisotopic (exact) mass is 186 g/mol. The second-order valence-electron chi connectivity index (χ2n) is 3.09. The molecule has 0 radical (unpaired) electrons. The van der Waals surface area contributed by atoms with Gasteiger partial charge in [-0.05, 0) is 19.8 Å². The second-order valence-corrected chi connectivity index (χ2v) is 3.09. The van der Waals surface area contributed by atoms with Crippen molar-refractivity contribution in [1.29, 1.82) is 0 Å². The van der Waals surface area contributed by atoms with Crippen LogP contribution in [0.1, 0.15) is 52.9 Å². The Kier molecular flexibility index (Phi) is 7.76. The zero-order valence-corrected chi connectivity index (χ0v) is 9.14. The van der Waals surface area contributed by atoms with E-state index in [0.717, 1.165) is 12.8 Å². The van der Waals surface area contributed by atoms with E-state index >= 15 is 0 Å². The Balaban J connectivity index is 0.000000671. The van der Waals surface area contributed by atoms with Gasteiger partial charge in [0.05, 0.1) is 12.5 Å². The van der Waals surface area contributed by atoms with Crippen LogP contribution in [0.2, 0.25) is 0 Å². The molecule has 0 saturated heterocycles. The van der Waals surface area contributed by atoms with Crippen molar-refractivity contribution in [2.24, 2.45) is 5.92 Å². The highest BCUT2D eigenvalue weighted by Gasteiger charge is 2.21. The molecule has 0 atom stereocenters. The van der Waals surface area contributed by atoms with Crippen molar-refractivity contribution in [2.75, 3.05) is 6.61 Å². The van der Waals surface area contributed by atoms with Gasteiger partial charge in [-0.25, -0.2) is 0 Å². The van der Waals surface area contributed by atoms with Gasteiger partial charge in [0.25, 0.3) is 0 Å². The summed E-state index contributed by atoms with van der Waals surface area (Å²) < 4.78 is 4.94. The molecular formula is C11H22O2. The van der Waals surface area contributed by atoms with Gasteiger partial charge in [0.1, 0.15) is 0 Å². The lowest BCUT2D eigenvalue weighted by atomic mass is 9.89. The summed E-state index contributed by atoms with van der Waals surface area (Å²) in [5, 5.41) is 0. The van der Waals surface area contributed by atoms with Crippen LogP contribution >= 0.6 is 0 Å². The van der Waals surface area contributed by atoms with Crippen molar-refractivity contribution in [3.05, 3.63) is 0 Å². The van der Waals surface area contributed by atoms with Crippen LogP contribution in [-0.2, 0) is 9.53 Å². The number of ether oxygens (including phenoxy) is 1. The van der Waals surface area contributed by atoms with Gasteiger partial charge in [-0.2, -0.15) is 0 Å². The molecule has 0 aliphatic heterocycles. The first kappa shape index (κ1) is 12.5. The Hall–Kier alpha value is -0.530. The van der Waals surface area contributed by atoms with Crippen LogP contribution in [0.15, 0.2) is 0 Å². The molecule has 0 heterocycles. The van der Waals surface area contributed by atoms with Gasteiger partial charge in [0, 0.05) is 0 Å². The number of rotatable bonds is 2. The zero-order valence-electron chi connectivity index (χ0n) is 9.14. The summed E-state index contributed by atoms with van der Waals surface area (Å²) in [4.78, 5) is 11.2. The van der Waals surface area contributed by atoms with E-state index < -0.39 is 0 Å². The Labute approximate surface area is 81.7 Å². The average Bonchev–Trinajstić information content (AvgIpc) is 2.23. The molecule has 0 unspecified atom stereocenters. The third-order valence-electron chi connectivity index (χ3n) is 2.23. The number of hydrogen-bond acceptors (Lipinski definition) is 2. The number of carbonyl (C=O) groups is 1. The van der Waals surface area contributed by atoms with Crippen molar-refractivity contribution in [1.82, 2.24) is 0 Å². The first-order valence-corrected chi connectivity index (χ1v) is 5.51. The van der Waals surface area contributed by atoms with Crippen LogP contribution in [0.3, 0.4) is 0 Å². The fraction of sp³-hybridized carbons (Fsp3) is 0.909. The van der Waals surface area contributed by atoms with E-state index in [2.05, 4.69) is 0 Å². The minimum absolute atomic E-state index is 0.0206. The van der Waals surface area contributed by atoms with E-state index in [9.17, 15) is 4.79 Å². The minimum atomic E-state index is 0.0206. The summed E-state index contributed by atoms with van der Waals surface area (Å²) >= 11 is 0. The van der Waals surface area contributed by atoms with Gasteiger partial charge in [-0.3, -0.25) is 4.79 Å². The highest BCUT2D eigenvalue weighted by molar-refractivity contribution is 5.72. The topological polar surface area (TPSA) is 26.3 Å². The summed E-state index contributed by atoms with van der Waals surface area (Å²) in [5.74, 6) is 0.232. The fourth-order valence-electron chi connectivity index (χ4n) is 1.60. The summed E-state index contributed by atoms with van der Waals surface area (Å²) in [6.07, 6.45) is 5.76. The maximum Gasteiger partial charge on any atom is 0.308 e. The van der Waals surface area contributed by atoms with Gasteiger partial charge in [0.2, 0.25) is 0 Å². The van der Waals surface area contributed by atoms with E-state index in [1.165, 1.54) is 19.3 Å². The molecule has 1 saturated carbocycles. The maximum absolute atomic E-state index is 11.2. The lowest BCUT2D eigenvalue weighted by molar-refractivity contribution is -0.149. The van der Waals surface area contributed by atoms with Crippen molar-refractivity contribution in [2.45, 2.75) is 52.9 Å². The Morgan fingerprint density at radius 2 is 1.77 bits per heavy atom. The normalized spacial score (nSPS) is 17.2. The average molecular weight is 186 g/mol. The summed E-state index contributed by atoms with van der Waals surface area (Å²) in [6, 6.07) is 0. The van der Waals surface area contributed by atoms with Gasteiger partial charge in [-0.1, -0.05) is 33.1 Å². The van der Waals surface area contributed by atoms with E-state index in [1.54, 1.807) is 0 Å². The van der Waals surface area contributed by atoms with Crippen LogP contribution in [0.5, 0.6) is 0 Å². The van der Waals surface area contributed by atoms with Gasteiger partial charge in [-0.15, -0.1) is 0 Å². The molecule has 1 rings (SSSR count). The molecule has 78 valence electrons. The molecule has 1 aliphatic carbocycles. The highest BCUT2D eigenvalue weighted by atomic mass is 16.5. The summed E-state index contributed by atoms with van der Waals surface area (Å²) in [5.41, 5.74) is 0. The van der Waals surface area contributed by atoms with Crippen molar-refractivity contribution in [3.63, 3.8) is 0 Å². The van der Waals surface area contributed by atoms with Gasteiger partial charge in [0.15, 0.2) is 0 Å². The van der Waals surface area contributed by atoms with Crippen LogP contribution in [0.4, 0.5) is 0 Å². The molecular weight excluding hydrogens is 164 g/mol. The number of hydrogen-bond donors (Lipinski definition) is 0. The van der Waals surface area contributed by atoms with E-state index in [1.807, 2.05) is 20.8 Å². The smallest absolute Gasteiger partial charge is 0.308 e. The number of carbonyl (C=O) groups excluding carboxylic acids is 1. The van der Waals surface area contributed by atoms with Crippen LogP contribution in [-0.4, -0.2) is 12.6 Å². The molecule has 0 spiro atoms. The first-order valence-electron chi connectivity index (χ1n) is 5.51.